The minimum atomic E-state index is -1.07. The van der Waals surface area contributed by atoms with Crippen LogP contribution in [0.25, 0.3) is 11.1 Å². The minimum absolute atomic E-state index is 0.0298. The summed E-state index contributed by atoms with van der Waals surface area (Å²) in [5, 5.41) is 11.9. The number of carboxylic acid groups (broad SMARTS) is 1. The van der Waals surface area contributed by atoms with Crippen molar-refractivity contribution < 1.29 is 24.2 Å². The summed E-state index contributed by atoms with van der Waals surface area (Å²) >= 11 is 0. The quantitative estimate of drug-likeness (QED) is 0.582. The number of hydrogen-bond donors (Lipinski definition) is 2. The normalized spacial score (nSPS) is 18.5. The third-order valence-corrected chi connectivity index (χ3v) is 6.31. The van der Waals surface area contributed by atoms with Gasteiger partial charge in [-0.25, -0.2) is 4.79 Å². The Kier molecular flexibility index (Phi) is 7.11. The molecular weight excluding hydrogens is 432 g/mol. The van der Waals surface area contributed by atoms with Gasteiger partial charge in [0.1, 0.15) is 13.2 Å². The highest BCUT2D eigenvalue weighted by Crippen LogP contribution is 2.44. The molecule has 7 nitrogen and oxygen atoms in total. The van der Waals surface area contributed by atoms with Crippen molar-refractivity contribution in [3.8, 4) is 11.1 Å². The van der Waals surface area contributed by atoms with E-state index in [4.69, 9.17) is 9.84 Å². The van der Waals surface area contributed by atoms with Crippen molar-refractivity contribution in [2.45, 2.75) is 24.8 Å². The van der Waals surface area contributed by atoms with E-state index in [1.807, 2.05) is 36.4 Å². The molecule has 2 aromatic carbocycles. The molecule has 2 N–H and O–H groups in total. The van der Waals surface area contributed by atoms with Gasteiger partial charge in [0.15, 0.2) is 0 Å². The van der Waals surface area contributed by atoms with E-state index in [2.05, 4.69) is 36.2 Å². The third-order valence-electron chi connectivity index (χ3n) is 6.31. The van der Waals surface area contributed by atoms with E-state index in [9.17, 15) is 14.4 Å². The van der Waals surface area contributed by atoms with Crippen molar-refractivity contribution in [3.63, 3.8) is 0 Å². The number of fused-ring (bicyclic) bond motifs is 3. The first-order chi connectivity index (χ1) is 16.5. The van der Waals surface area contributed by atoms with Crippen LogP contribution in [-0.4, -0.2) is 53.7 Å². The van der Waals surface area contributed by atoms with Crippen molar-refractivity contribution in [1.29, 1.82) is 0 Å². The van der Waals surface area contributed by atoms with Crippen LogP contribution < -0.4 is 5.32 Å². The topological polar surface area (TPSA) is 95.9 Å². The number of benzene rings is 2. The van der Waals surface area contributed by atoms with Gasteiger partial charge in [-0.1, -0.05) is 66.8 Å². The van der Waals surface area contributed by atoms with Crippen LogP contribution in [0.15, 0.2) is 73.3 Å². The highest BCUT2D eigenvalue weighted by atomic mass is 16.5. The summed E-state index contributed by atoms with van der Waals surface area (Å²) in [7, 11) is 0. The summed E-state index contributed by atoms with van der Waals surface area (Å²) in [6.45, 7) is 3.59. The van der Waals surface area contributed by atoms with Crippen LogP contribution in [0.5, 0.6) is 0 Å². The molecule has 0 heterocycles. The van der Waals surface area contributed by atoms with Gasteiger partial charge in [0.2, 0.25) is 5.91 Å². The largest absolute Gasteiger partial charge is 0.480 e. The van der Waals surface area contributed by atoms with Crippen LogP contribution in [0.4, 0.5) is 4.79 Å². The Bertz CT molecular complexity index is 1080. The molecule has 176 valence electrons. The standard InChI is InChI=1S/C27H28N2O5/c1-2-14-29(16-25(30)31)26(32)18-8-7-9-19(15-18)28-27(33)34-17-24-22-12-5-3-10-20(22)21-11-4-6-13-23(21)24/h2-7,9-13,18-19,24H,1,8,14-17H2,(H,28,33)(H,30,31)/t18-,19-/m1/s1. The van der Waals surface area contributed by atoms with Gasteiger partial charge in [-0.2, -0.15) is 0 Å². The molecule has 2 amide bonds. The second kappa shape index (κ2) is 10.4. The van der Waals surface area contributed by atoms with E-state index < -0.39 is 18.0 Å². The van der Waals surface area contributed by atoms with Crippen LogP contribution in [0, 0.1) is 5.92 Å². The molecule has 0 spiro atoms. The van der Waals surface area contributed by atoms with Crippen molar-refractivity contribution in [2.24, 2.45) is 5.92 Å². The van der Waals surface area contributed by atoms with Gasteiger partial charge in [-0.15, -0.1) is 6.58 Å². The Morgan fingerprint density at radius 3 is 2.35 bits per heavy atom. The zero-order valence-electron chi connectivity index (χ0n) is 18.9. The van der Waals surface area contributed by atoms with E-state index in [0.717, 1.165) is 22.3 Å². The van der Waals surface area contributed by atoms with Gasteiger partial charge in [0, 0.05) is 18.4 Å². The summed E-state index contributed by atoms with van der Waals surface area (Å²) in [4.78, 5) is 37.8. The number of nitrogens with one attached hydrogen (secondary N) is 1. The lowest BCUT2D eigenvalue weighted by atomic mass is 9.90. The molecule has 7 heteroatoms. The van der Waals surface area contributed by atoms with Crippen LogP contribution in [-0.2, 0) is 14.3 Å². The van der Waals surface area contributed by atoms with Crippen LogP contribution >= 0.6 is 0 Å². The first kappa shape index (κ1) is 23.3. The fourth-order valence-electron chi connectivity index (χ4n) is 4.80. The van der Waals surface area contributed by atoms with Gasteiger partial charge < -0.3 is 20.1 Å². The first-order valence-electron chi connectivity index (χ1n) is 11.4. The Morgan fingerprint density at radius 1 is 1.09 bits per heavy atom. The number of carboxylic acids is 1. The lowest BCUT2D eigenvalue weighted by molar-refractivity contribution is -0.146. The molecule has 4 rings (SSSR count). The summed E-state index contributed by atoms with van der Waals surface area (Å²) in [5.74, 6) is -1.78. The number of nitrogens with zero attached hydrogens (tertiary/aromatic N) is 1. The molecule has 0 saturated carbocycles. The number of carbonyl (C=O) groups excluding carboxylic acids is 2. The Hall–Kier alpha value is -3.87. The number of carbonyl (C=O) groups is 3. The maximum Gasteiger partial charge on any atom is 0.407 e. The van der Waals surface area contributed by atoms with Crippen molar-refractivity contribution in [3.05, 3.63) is 84.5 Å². The maximum absolute atomic E-state index is 12.8. The van der Waals surface area contributed by atoms with Gasteiger partial charge in [0.05, 0.1) is 6.04 Å². The summed E-state index contributed by atoms with van der Waals surface area (Å²) in [6.07, 6.45) is 5.53. The molecule has 0 aromatic heterocycles. The lowest BCUT2D eigenvalue weighted by Crippen LogP contribution is -2.44. The molecule has 0 radical (unpaired) electrons. The predicted octanol–water partition coefficient (Wildman–Crippen LogP) is 3.96. The number of ether oxygens (including phenoxy) is 1. The minimum Gasteiger partial charge on any atom is -0.480 e. The highest BCUT2D eigenvalue weighted by Gasteiger charge is 2.31. The molecule has 0 saturated heterocycles. The smallest absolute Gasteiger partial charge is 0.407 e. The van der Waals surface area contributed by atoms with E-state index in [1.165, 1.54) is 11.0 Å². The van der Waals surface area contributed by atoms with Crippen molar-refractivity contribution in [2.75, 3.05) is 19.7 Å². The fourth-order valence-corrected chi connectivity index (χ4v) is 4.80. The molecule has 2 aromatic rings. The maximum atomic E-state index is 12.8. The molecule has 34 heavy (non-hydrogen) atoms. The number of hydrogen-bond acceptors (Lipinski definition) is 4. The Morgan fingerprint density at radius 2 is 1.74 bits per heavy atom. The van der Waals surface area contributed by atoms with E-state index in [0.29, 0.717) is 12.8 Å². The van der Waals surface area contributed by atoms with E-state index >= 15 is 0 Å². The highest BCUT2D eigenvalue weighted by molar-refractivity contribution is 5.84. The van der Waals surface area contributed by atoms with Gasteiger partial charge in [-0.05, 0) is 35.1 Å². The molecule has 0 fully saturated rings. The summed E-state index contributed by atoms with van der Waals surface area (Å²) in [5.41, 5.74) is 4.60. The molecule has 2 aliphatic rings. The van der Waals surface area contributed by atoms with Crippen LogP contribution in [0.1, 0.15) is 29.9 Å². The van der Waals surface area contributed by atoms with Gasteiger partial charge >= 0.3 is 12.1 Å². The summed E-state index contributed by atoms with van der Waals surface area (Å²) in [6, 6.07) is 15.9. The number of amides is 2. The predicted molar refractivity (Wildman–Crippen MR) is 128 cm³/mol. The molecular formula is C27H28N2O5. The molecule has 0 unspecified atom stereocenters. The second-order valence-corrected chi connectivity index (χ2v) is 8.57. The average molecular weight is 461 g/mol. The SMILES string of the molecule is C=CCN(CC(=O)O)C(=O)[C@@H]1CC=C[C@@H](NC(=O)OCC2c3ccccc3-c3ccccc32)C1. The molecule has 0 aliphatic heterocycles. The van der Waals surface area contributed by atoms with Crippen LogP contribution in [0.3, 0.4) is 0 Å². The number of alkyl carbamates (subject to hydrolysis) is 1. The second-order valence-electron chi connectivity index (χ2n) is 8.57. The monoisotopic (exact) mass is 460 g/mol. The first-order valence-corrected chi connectivity index (χ1v) is 11.4. The fraction of sp³-hybridized carbons (Fsp3) is 0.296. The van der Waals surface area contributed by atoms with Crippen molar-refractivity contribution >= 4 is 18.0 Å². The number of rotatable bonds is 8. The lowest BCUT2D eigenvalue weighted by Gasteiger charge is -2.29. The van der Waals surface area contributed by atoms with Crippen LogP contribution in [0.2, 0.25) is 0 Å². The third kappa shape index (κ3) is 5.03. The average Bonchev–Trinajstić information content (AvgIpc) is 3.16. The van der Waals surface area contributed by atoms with E-state index in [1.54, 1.807) is 0 Å². The summed E-state index contributed by atoms with van der Waals surface area (Å²) < 4.78 is 5.61. The Balaban J connectivity index is 1.35. The molecule has 2 atom stereocenters. The van der Waals surface area contributed by atoms with Gasteiger partial charge in [-0.3, -0.25) is 9.59 Å². The van der Waals surface area contributed by atoms with E-state index in [-0.39, 0.29) is 37.6 Å². The zero-order valence-corrected chi connectivity index (χ0v) is 18.9. The Labute approximate surface area is 198 Å². The molecule has 0 bridgehead atoms. The molecule has 2 aliphatic carbocycles. The van der Waals surface area contributed by atoms with Crippen molar-refractivity contribution in [1.82, 2.24) is 10.2 Å². The number of aliphatic carboxylic acids is 1. The number of allylic oxidation sites excluding steroid dienone is 1. The van der Waals surface area contributed by atoms with Gasteiger partial charge in [0.25, 0.3) is 0 Å². The zero-order chi connectivity index (χ0) is 24.1.